The summed E-state index contributed by atoms with van der Waals surface area (Å²) in [5.74, 6) is 1.22. The van der Waals surface area contributed by atoms with Crippen molar-refractivity contribution in [2.45, 2.75) is 33.2 Å². The SMILES string of the molecule is Cc1ccc(OCCN(C)C(=O)[C@@H](N)CC(C)C)cc1.Cl. The molecule has 2 N–H and O–H groups in total. The zero-order valence-electron chi connectivity index (χ0n) is 13.3. The minimum Gasteiger partial charge on any atom is -0.492 e. The van der Waals surface area contributed by atoms with Crippen LogP contribution in [0.25, 0.3) is 0 Å². The van der Waals surface area contributed by atoms with E-state index in [0.29, 0.717) is 25.5 Å². The molecule has 0 radical (unpaired) electrons. The van der Waals surface area contributed by atoms with Crippen molar-refractivity contribution in [3.05, 3.63) is 29.8 Å². The van der Waals surface area contributed by atoms with Crippen LogP contribution in [-0.2, 0) is 4.79 Å². The first-order valence-electron chi connectivity index (χ1n) is 7.10. The van der Waals surface area contributed by atoms with Gasteiger partial charge in [0.05, 0.1) is 12.6 Å². The number of carbonyl (C=O) groups excluding carboxylic acids is 1. The second kappa shape index (κ2) is 9.64. The fraction of sp³-hybridized carbons (Fsp3) is 0.562. The topological polar surface area (TPSA) is 55.6 Å². The third-order valence-electron chi connectivity index (χ3n) is 3.14. The van der Waals surface area contributed by atoms with Crippen LogP contribution in [0.4, 0.5) is 0 Å². The molecule has 1 aromatic carbocycles. The Hall–Kier alpha value is -1.26. The number of carbonyl (C=O) groups is 1. The number of nitrogens with two attached hydrogens (primary N) is 1. The summed E-state index contributed by atoms with van der Waals surface area (Å²) in [6, 6.07) is 7.45. The molecule has 4 nitrogen and oxygen atoms in total. The summed E-state index contributed by atoms with van der Waals surface area (Å²) in [5, 5.41) is 0. The van der Waals surface area contributed by atoms with E-state index in [2.05, 4.69) is 13.8 Å². The molecule has 0 aliphatic heterocycles. The number of rotatable bonds is 7. The van der Waals surface area contributed by atoms with Gasteiger partial charge in [-0.15, -0.1) is 12.4 Å². The van der Waals surface area contributed by atoms with Gasteiger partial charge in [-0.25, -0.2) is 0 Å². The largest absolute Gasteiger partial charge is 0.492 e. The summed E-state index contributed by atoms with van der Waals surface area (Å²) in [6.45, 7) is 7.17. The molecular formula is C16H27ClN2O2. The quantitative estimate of drug-likeness (QED) is 0.841. The van der Waals surface area contributed by atoms with E-state index in [1.807, 2.05) is 31.2 Å². The van der Waals surface area contributed by atoms with E-state index in [1.54, 1.807) is 11.9 Å². The lowest BCUT2D eigenvalue weighted by Gasteiger charge is -2.22. The molecule has 0 bridgehead atoms. The van der Waals surface area contributed by atoms with Gasteiger partial charge in [-0.3, -0.25) is 4.79 Å². The number of halogens is 1. The highest BCUT2D eigenvalue weighted by molar-refractivity contribution is 5.85. The van der Waals surface area contributed by atoms with Crippen molar-refractivity contribution in [3.63, 3.8) is 0 Å². The van der Waals surface area contributed by atoms with Gasteiger partial charge < -0.3 is 15.4 Å². The maximum atomic E-state index is 12.0. The Morgan fingerprint density at radius 2 is 1.86 bits per heavy atom. The monoisotopic (exact) mass is 314 g/mol. The lowest BCUT2D eigenvalue weighted by Crippen LogP contribution is -2.43. The number of hydrogen-bond donors (Lipinski definition) is 1. The van der Waals surface area contributed by atoms with Crippen molar-refractivity contribution in [1.82, 2.24) is 4.90 Å². The molecule has 5 heteroatoms. The number of benzene rings is 1. The van der Waals surface area contributed by atoms with Gasteiger partial charge in [-0.1, -0.05) is 31.5 Å². The first kappa shape index (κ1) is 19.7. The molecule has 1 rings (SSSR count). The van der Waals surface area contributed by atoms with Crippen LogP contribution in [0.15, 0.2) is 24.3 Å². The van der Waals surface area contributed by atoms with Gasteiger partial charge in [0.2, 0.25) is 5.91 Å². The Balaban J connectivity index is 0.00000400. The number of ether oxygens (including phenoxy) is 1. The Kier molecular flexibility index (Phi) is 9.06. The average Bonchev–Trinajstić information content (AvgIpc) is 2.39. The van der Waals surface area contributed by atoms with Gasteiger partial charge in [0, 0.05) is 7.05 Å². The second-order valence-electron chi connectivity index (χ2n) is 5.66. The first-order valence-corrected chi connectivity index (χ1v) is 7.10. The van der Waals surface area contributed by atoms with E-state index in [4.69, 9.17) is 10.5 Å². The van der Waals surface area contributed by atoms with Crippen molar-refractivity contribution >= 4 is 18.3 Å². The van der Waals surface area contributed by atoms with Crippen LogP contribution in [0.3, 0.4) is 0 Å². The summed E-state index contributed by atoms with van der Waals surface area (Å²) in [4.78, 5) is 13.7. The van der Waals surface area contributed by atoms with Crippen LogP contribution in [0.5, 0.6) is 5.75 Å². The van der Waals surface area contributed by atoms with Crippen molar-refractivity contribution in [2.24, 2.45) is 11.7 Å². The number of likely N-dealkylation sites (N-methyl/N-ethyl adjacent to an activating group) is 1. The predicted molar refractivity (Wildman–Crippen MR) is 89.0 cm³/mol. The van der Waals surface area contributed by atoms with Crippen molar-refractivity contribution in [1.29, 1.82) is 0 Å². The van der Waals surface area contributed by atoms with E-state index in [1.165, 1.54) is 5.56 Å². The molecule has 1 aromatic rings. The zero-order chi connectivity index (χ0) is 15.1. The fourth-order valence-electron chi connectivity index (χ4n) is 1.94. The number of aryl methyl sites for hydroxylation is 1. The van der Waals surface area contributed by atoms with Crippen LogP contribution >= 0.6 is 12.4 Å². The van der Waals surface area contributed by atoms with Gasteiger partial charge in [-0.05, 0) is 31.4 Å². The summed E-state index contributed by atoms with van der Waals surface area (Å²) >= 11 is 0. The molecule has 0 unspecified atom stereocenters. The number of amides is 1. The summed E-state index contributed by atoms with van der Waals surface area (Å²) in [6.07, 6.45) is 0.710. The summed E-state index contributed by atoms with van der Waals surface area (Å²) in [5.41, 5.74) is 7.08. The molecule has 0 aliphatic rings. The van der Waals surface area contributed by atoms with Crippen LogP contribution in [-0.4, -0.2) is 37.0 Å². The molecule has 120 valence electrons. The van der Waals surface area contributed by atoms with Crippen molar-refractivity contribution in [3.8, 4) is 5.75 Å². The third-order valence-corrected chi connectivity index (χ3v) is 3.14. The van der Waals surface area contributed by atoms with Gasteiger partial charge >= 0.3 is 0 Å². The van der Waals surface area contributed by atoms with Crippen LogP contribution < -0.4 is 10.5 Å². The van der Waals surface area contributed by atoms with Crippen molar-refractivity contribution < 1.29 is 9.53 Å². The number of hydrogen-bond acceptors (Lipinski definition) is 3. The smallest absolute Gasteiger partial charge is 0.239 e. The minimum atomic E-state index is -0.417. The maximum absolute atomic E-state index is 12.0. The Morgan fingerprint density at radius 1 is 1.29 bits per heavy atom. The molecule has 0 fully saturated rings. The van der Waals surface area contributed by atoms with Crippen molar-refractivity contribution in [2.75, 3.05) is 20.2 Å². The average molecular weight is 315 g/mol. The van der Waals surface area contributed by atoms with Crippen LogP contribution in [0, 0.1) is 12.8 Å². The summed E-state index contributed by atoms with van der Waals surface area (Å²) in [7, 11) is 1.76. The van der Waals surface area contributed by atoms with E-state index in [9.17, 15) is 4.79 Å². The molecule has 0 saturated heterocycles. The van der Waals surface area contributed by atoms with Gasteiger partial charge in [0.15, 0.2) is 0 Å². The molecular weight excluding hydrogens is 288 g/mol. The van der Waals surface area contributed by atoms with E-state index < -0.39 is 6.04 Å². The van der Waals surface area contributed by atoms with Gasteiger partial charge in [0.25, 0.3) is 0 Å². The standard InChI is InChI=1S/C16H26N2O2.ClH/c1-12(2)11-15(17)16(19)18(4)9-10-20-14-7-5-13(3)6-8-14;/h5-8,12,15H,9-11,17H2,1-4H3;1H/t15-;/m0./s1. The molecule has 21 heavy (non-hydrogen) atoms. The molecule has 0 heterocycles. The molecule has 1 amide bonds. The Morgan fingerprint density at radius 3 is 2.38 bits per heavy atom. The van der Waals surface area contributed by atoms with Crippen LogP contribution in [0.1, 0.15) is 25.8 Å². The number of nitrogens with zero attached hydrogens (tertiary/aromatic N) is 1. The van der Waals surface area contributed by atoms with E-state index in [0.717, 1.165) is 5.75 Å². The lowest BCUT2D eigenvalue weighted by molar-refractivity contribution is -0.131. The molecule has 0 saturated carbocycles. The molecule has 0 spiro atoms. The van der Waals surface area contributed by atoms with Gasteiger partial charge in [-0.2, -0.15) is 0 Å². The molecule has 0 aliphatic carbocycles. The van der Waals surface area contributed by atoms with E-state index in [-0.39, 0.29) is 18.3 Å². The summed E-state index contributed by atoms with van der Waals surface area (Å²) < 4.78 is 5.61. The first-order chi connectivity index (χ1) is 9.40. The van der Waals surface area contributed by atoms with E-state index >= 15 is 0 Å². The maximum Gasteiger partial charge on any atom is 0.239 e. The highest BCUT2D eigenvalue weighted by Gasteiger charge is 2.18. The molecule has 1 atom stereocenters. The van der Waals surface area contributed by atoms with Crippen LogP contribution in [0.2, 0.25) is 0 Å². The van der Waals surface area contributed by atoms with Gasteiger partial charge in [0.1, 0.15) is 12.4 Å². The zero-order valence-corrected chi connectivity index (χ0v) is 14.2. The Labute approximate surface area is 134 Å². The molecule has 0 aromatic heterocycles. The third kappa shape index (κ3) is 7.34. The highest BCUT2D eigenvalue weighted by Crippen LogP contribution is 2.11. The second-order valence-corrected chi connectivity index (χ2v) is 5.66. The Bertz CT molecular complexity index is 421. The predicted octanol–water partition coefficient (Wildman–Crippen LogP) is 2.63. The fourth-order valence-corrected chi connectivity index (χ4v) is 1.94. The highest BCUT2D eigenvalue weighted by atomic mass is 35.5. The minimum absolute atomic E-state index is 0. The normalized spacial score (nSPS) is 11.7. The lowest BCUT2D eigenvalue weighted by atomic mass is 10.0.